The van der Waals surface area contributed by atoms with Gasteiger partial charge in [-0.1, -0.05) is 60.7 Å². The fourth-order valence-corrected chi connectivity index (χ4v) is 7.66. The summed E-state index contributed by atoms with van der Waals surface area (Å²) in [4.78, 5) is 5.06. The summed E-state index contributed by atoms with van der Waals surface area (Å²) in [6, 6.07) is 21.5. The van der Waals surface area contributed by atoms with Crippen molar-refractivity contribution in [2.75, 3.05) is 27.2 Å². The number of rotatable bonds is 4. The van der Waals surface area contributed by atoms with Gasteiger partial charge in [0.25, 0.3) is 0 Å². The summed E-state index contributed by atoms with van der Waals surface area (Å²) in [5, 5.41) is 0. The van der Waals surface area contributed by atoms with E-state index < -0.39 is 0 Å². The van der Waals surface area contributed by atoms with Gasteiger partial charge in [0.15, 0.2) is 0 Å². The van der Waals surface area contributed by atoms with Crippen LogP contribution in [-0.2, 0) is 0 Å². The molecule has 2 aromatic carbocycles. The van der Waals surface area contributed by atoms with Crippen molar-refractivity contribution in [3.8, 4) is 0 Å². The molecule has 0 spiro atoms. The average molecular weight is 461 g/mol. The van der Waals surface area contributed by atoms with Crippen LogP contribution in [0.5, 0.6) is 0 Å². The molecule has 4 N–H and O–H groups in total. The minimum absolute atomic E-state index is 0.162. The third-order valence-electron chi connectivity index (χ3n) is 10.0. The van der Waals surface area contributed by atoms with Gasteiger partial charge in [0.1, 0.15) is 0 Å². The summed E-state index contributed by atoms with van der Waals surface area (Å²) >= 11 is 0. The Hall–Kier alpha value is -1.72. The Morgan fingerprint density at radius 3 is 1.24 bits per heavy atom. The smallest absolute Gasteiger partial charge is 0.0482 e. The fraction of sp³-hybridized carbons (Fsp3) is 0.600. The zero-order chi connectivity index (χ0) is 23.8. The largest absolute Gasteiger partial charge is 0.322 e. The van der Waals surface area contributed by atoms with Crippen molar-refractivity contribution in [3.05, 3.63) is 71.8 Å². The number of hydrogen-bond acceptors (Lipinski definition) is 4. The number of piperidine rings is 4. The summed E-state index contributed by atoms with van der Waals surface area (Å²) in [7, 11) is 4.52. The van der Waals surface area contributed by atoms with Crippen molar-refractivity contribution in [1.29, 1.82) is 0 Å². The van der Waals surface area contributed by atoms with Crippen LogP contribution in [0.1, 0.15) is 74.6 Å². The van der Waals surface area contributed by atoms with E-state index in [1.165, 1.54) is 75.6 Å². The Morgan fingerprint density at radius 2 is 0.941 bits per heavy atom. The molecule has 0 unspecified atom stereocenters. The summed E-state index contributed by atoms with van der Waals surface area (Å²) in [5.41, 5.74) is 16.2. The quantitative estimate of drug-likeness (QED) is 0.665. The molecule has 8 rings (SSSR count). The minimum Gasteiger partial charge on any atom is -0.322 e. The molecule has 2 aliphatic carbocycles. The lowest BCUT2D eigenvalue weighted by Crippen LogP contribution is -2.61. The van der Waals surface area contributed by atoms with E-state index in [2.05, 4.69) is 84.6 Å². The van der Waals surface area contributed by atoms with Crippen LogP contribution >= 0.6 is 0 Å². The van der Waals surface area contributed by atoms with Crippen molar-refractivity contribution < 1.29 is 0 Å². The predicted octanol–water partition coefficient (Wildman–Crippen LogP) is 5.12. The molecule has 2 atom stereocenters. The second-order valence-corrected chi connectivity index (χ2v) is 11.6. The maximum Gasteiger partial charge on any atom is 0.0482 e. The maximum atomic E-state index is 6.59. The van der Waals surface area contributed by atoms with Gasteiger partial charge in [0, 0.05) is 36.3 Å². The van der Waals surface area contributed by atoms with E-state index in [1.807, 2.05) is 0 Å². The molecule has 4 aliphatic heterocycles. The highest BCUT2D eigenvalue weighted by Gasteiger charge is 2.49. The van der Waals surface area contributed by atoms with Crippen LogP contribution in [-0.4, -0.2) is 48.1 Å². The standard InChI is InChI=1S/2C15H22N2/c2*1-17-11-12-7-9-15(17,10-8-12)14(16)13-5-3-2-4-6-13/h2*2-6,12,14H,7-11,16H2,1H3/t2*12?,14-,15?/m10/s1. The first-order chi connectivity index (χ1) is 16.4. The molecule has 4 saturated heterocycles. The van der Waals surface area contributed by atoms with Gasteiger partial charge in [-0.15, -0.1) is 0 Å². The molecule has 34 heavy (non-hydrogen) atoms. The van der Waals surface area contributed by atoms with Crippen molar-refractivity contribution in [2.24, 2.45) is 23.3 Å². The Morgan fingerprint density at radius 1 is 0.618 bits per heavy atom. The first kappa shape index (κ1) is 24.0. The van der Waals surface area contributed by atoms with Gasteiger partial charge in [0.05, 0.1) is 0 Å². The molecule has 0 aromatic heterocycles. The lowest BCUT2D eigenvalue weighted by Gasteiger charge is -2.56. The summed E-state index contributed by atoms with van der Waals surface area (Å²) < 4.78 is 0. The highest BCUT2D eigenvalue weighted by atomic mass is 15.2. The highest BCUT2D eigenvalue weighted by molar-refractivity contribution is 5.25. The van der Waals surface area contributed by atoms with Crippen LogP contribution in [0.2, 0.25) is 0 Å². The van der Waals surface area contributed by atoms with Gasteiger partial charge in [-0.3, -0.25) is 9.80 Å². The van der Waals surface area contributed by atoms with E-state index in [4.69, 9.17) is 11.5 Å². The monoisotopic (exact) mass is 460 g/mol. The SMILES string of the molecule is CN1CC2CCC1([C@@H](N)c1ccccc1)CC2.CN1CC2CCC1([C@H](N)c1ccccc1)CC2. The average Bonchev–Trinajstić information content (AvgIpc) is 2.90. The van der Waals surface area contributed by atoms with Gasteiger partial charge in [0.2, 0.25) is 0 Å². The second-order valence-electron chi connectivity index (χ2n) is 11.6. The zero-order valence-corrected chi connectivity index (χ0v) is 21.2. The Labute approximate surface area is 206 Å². The second kappa shape index (κ2) is 9.73. The van der Waals surface area contributed by atoms with E-state index in [0.29, 0.717) is 0 Å². The van der Waals surface area contributed by atoms with Gasteiger partial charge >= 0.3 is 0 Å². The lowest BCUT2D eigenvalue weighted by atomic mass is 9.66. The zero-order valence-electron chi connectivity index (χ0n) is 21.2. The number of fused-ring (bicyclic) bond motifs is 6. The Bertz CT molecular complexity index is 836. The van der Waals surface area contributed by atoms with Gasteiger partial charge in [-0.2, -0.15) is 0 Å². The molecule has 2 aromatic rings. The number of benzene rings is 2. The molecule has 184 valence electrons. The van der Waals surface area contributed by atoms with Crippen molar-refractivity contribution in [2.45, 2.75) is 74.5 Å². The van der Waals surface area contributed by atoms with Crippen LogP contribution < -0.4 is 11.5 Å². The number of nitrogens with two attached hydrogens (primary N) is 2. The van der Waals surface area contributed by atoms with Gasteiger partial charge in [-0.25, -0.2) is 0 Å². The van der Waals surface area contributed by atoms with E-state index in [0.717, 1.165) is 11.8 Å². The summed E-state index contributed by atoms with van der Waals surface area (Å²) in [6.07, 6.45) is 10.5. The molecule has 4 nitrogen and oxygen atoms in total. The van der Waals surface area contributed by atoms with Crippen molar-refractivity contribution in [3.63, 3.8) is 0 Å². The minimum atomic E-state index is 0.162. The molecule has 6 fully saturated rings. The van der Waals surface area contributed by atoms with Gasteiger partial charge in [-0.05, 0) is 88.4 Å². The molecule has 4 heteroatoms. The first-order valence-electron chi connectivity index (χ1n) is 13.5. The number of hydrogen-bond donors (Lipinski definition) is 2. The molecule has 0 radical (unpaired) electrons. The molecular weight excluding hydrogens is 416 g/mol. The fourth-order valence-electron chi connectivity index (χ4n) is 7.66. The van der Waals surface area contributed by atoms with Crippen LogP contribution in [0.3, 0.4) is 0 Å². The topological polar surface area (TPSA) is 58.5 Å². The molecule has 4 heterocycles. The maximum absolute atomic E-state index is 6.59. The Balaban J connectivity index is 0.000000142. The number of likely N-dealkylation sites (N-methyl/N-ethyl adjacent to an activating group) is 2. The molecule has 4 bridgehead atoms. The molecular formula is C30H44N4. The van der Waals surface area contributed by atoms with Crippen LogP contribution in [0.25, 0.3) is 0 Å². The van der Waals surface area contributed by atoms with Crippen LogP contribution in [0.4, 0.5) is 0 Å². The summed E-state index contributed by atoms with van der Waals surface area (Å²) in [6.45, 7) is 2.47. The summed E-state index contributed by atoms with van der Waals surface area (Å²) in [5.74, 6) is 1.84. The lowest BCUT2D eigenvalue weighted by molar-refractivity contribution is -0.0335. The van der Waals surface area contributed by atoms with Crippen molar-refractivity contribution >= 4 is 0 Å². The predicted molar refractivity (Wildman–Crippen MR) is 141 cm³/mol. The van der Waals surface area contributed by atoms with Crippen LogP contribution in [0, 0.1) is 11.8 Å². The van der Waals surface area contributed by atoms with Crippen LogP contribution in [0.15, 0.2) is 60.7 Å². The Kier molecular flexibility index (Phi) is 6.87. The normalized spacial score (nSPS) is 34.8. The first-order valence-corrected chi connectivity index (χ1v) is 13.5. The van der Waals surface area contributed by atoms with E-state index in [1.54, 1.807) is 0 Å². The number of nitrogens with zero attached hydrogens (tertiary/aromatic N) is 2. The van der Waals surface area contributed by atoms with Crippen molar-refractivity contribution in [1.82, 2.24) is 9.80 Å². The van der Waals surface area contributed by atoms with Gasteiger partial charge < -0.3 is 11.5 Å². The van der Waals surface area contributed by atoms with E-state index in [-0.39, 0.29) is 23.2 Å². The van der Waals surface area contributed by atoms with E-state index in [9.17, 15) is 0 Å². The third kappa shape index (κ3) is 4.24. The highest BCUT2D eigenvalue weighted by Crippen LogP contribution is 2.49. The molecule has 0 amide bonds. The third-order valence-corrected chi connectivity index (χ3v) is 10.0. The molecule has 6 aliphatic rings. The molecule has 2 saturated carbocycles. The van der Waals surface area contributed by atoms with E-state index >= 15 is 0 Å².